The summed E-state index contributed by atoms with van der Waals surface area (Å²) in [5.41, 5.74) is 4.61. The van der Waals surface area contributed by atoms with E-state index in [9.17, 15) is 14.4 Å². The molecule has 0 heterocycles. The number of esters is 1. The fourth-order valence-electron chi connectivity index (χ4n) is 1.42. The first-order valence-electron chi connectivity index (χ1n) is 6.33. The van der Waals surface area contributed by atoms with Gasteiger partial charge in [0.25, 0.3) is 0 Å². The van der Waals surface area contributed by atoms with E-state index in [1.54, 1.807) is 34.6 Å². The molecule has 1 unspecified atom stereocenters. The second-order valence-electron chi connectivity index (χ2n) is 5.78. The number of primary amides is 1. The van der Waals surface area contributed by atoms with Crippen LogP contribution >= 0.6 is 0 Å². The van der Waals surface area contributed by atoms with Crippen molar-refractivity contribution in [1.82, 2.24) is 5.32 Å². The molecule has 0 aromatic rings. The number of carbonyl (C=O) groups is 3. The minimum absolute atomic E-state index is 0.0212. The predicted octanol–water partition coefficient (Wildman–Crippen LogP) is 0.734. The van der Waals surface area contributed by atoms with E-state index >= 15 is 0 Å². The van der Waals surface area contributed by atoms with Crippen molar-refractivity contribution in [3.8, 4) is 0 Å². The van der Waals surface area contributed by atoms with Crippen molar-refractivity contribution in [1.29, 1.82) is 0 Å². The van der Waals surface area contributed by atoms with Crippen molar-refractivity contribution in [2.24, 2.45) is 11.7 Å². The molecule has 0 rings (SSSR count). The zero-order valence-corrected chi connectivity index (χ0v) is 12.3. The minimum atomic E-state index is -0.717. The molecule has 0 saturated heterocycles. The molecular formula is C13H24N2O4. The standard InChI is InChI=1S/C13H24N2O4/c1-8(2)11(12(14)18)15-9(16)6-7-10(17)19-13(3,4)5/h8,11H,6-7H2,1-5H3,(H2,14,18)(H,15,16). The van der Waals surface area contributed by atoms with Crippen LogP contribution in [0.15, 0.2) is 0 Å². The Labute approximate surface area is 114 Å². The molecule has 0 spiro atoms. The number of rotatable bonds is 6. The summed E-state index contributed by atoms with van der Waals surface area (Å²) in [5, 5.41) is 2.51. The molecular weight excluding hydrogens is 248 g/mol. The van der Waals surface area contributed by atoms with Gasteiger partial charge in [-0.25, -0.2) is 0 Å². The fraction of sp³-hybridized carbons (Fsp3) is 0.769. The van der Waals surface area contributed by atoms with Crippen LogP contribution in [0.25, 0.3) is 0 Å². The van der Waals surface area contributed by atoms with Gasteiger partial charge in [-0.05, 0) is 26.7 Å². The molecule has 1 atom stereocenters. The average molecular weight is 272 g/mol. The molecule has 2 amide bonds. The highest BCUT2D eigenvalue weighted by atomic mass is 16.6. The van der Waals surface area contributed by atoms with Gasteiger partial charge < -0.3 is 15.8 Å². The van der Waals surface area contributed by atoms with Gasteiger partial charge >= 0.3 is 5.97 Å². The lowest BCUT2D eigenvalue weighted by Crippen LogP contribution is -2.47. The molecule has 3 N–H and O–H groups in total. The van der Waals surface area contributed by atoms with Crippen molar-refractivity contribution >= 4 is 17.8 Å². The van der Waals surface area contributed by atoms with Crippen LogP contribution in [0.3, 0.4) is 0 Å². The summed E-state index contributed by atoms with van der Waals surface area (Å²) >= 11 is 0. The van der Waals surface area contributed by atoms with E-state index in [1.807, 2.05) is 0 Å². The van der Waals surface area contributed by atoms with Gasteiger partial charge in [0.05, 0.1) is 6.42 Å². The Kier molecular flexibility index (Phi) is 6.52. The van der Waals surface area contributed by atoms with Gasteiger partial charge in [-0.3, -0.25) is 14.4 Å². The molecule has 19 heavy (non-hydrogen) atoms. The van der Waals surface area contributed by atoms with Crippen LogP contribution < -0.4 is 11.1 Å². The molecule has 0 radical (unpaired) electrons. The second kappa shape index (κ2) is 7.11. The number of hydrogen-bond acceptors (Lipinski definition) is 4. The van der Waals surface area contributed by atoms with E-state index in [-0.39, 0.29) is 24.7 Å². The molecule has 0 aromatic carbocycles. The zero-order valence-electron chi connectivity index (χ0n) is 12.3. The summed E-state index contributed by atoms with van der Waals surface area (Å²) in [7, 11) is 0. The Morgan fingerprint density at radius 1 is 1.16 bits per heavy atom. The molecule has 6 nitrogen and oxygen atoms in total. The first-order valence-corrected chi connectivity index (χ1v) is 6.33. The fourth-order valence-corrected chi connectivity index (χ4v) is 1.42. The van der Waals surface area contributed by atoms with E-state index in [0.717, 1.165) is 0 Å². The monoisotopic (exact) mass is 272 g/mol. The van der Waals surface area contributed by atoms with Crippen LogP contribution in [0, 0.1) is 5.92 Å². The first kappa shape index (κ1) is 17.4. The van der Waals surface area contributed by atoms with Crippen LogP contribution in [0.4, 0.5) is 0 Å². The molecule has 6 heteroatoms. The lowest BCUT2D eigenvalue weighted by atomic mass is 10.0. The van der Waals surface area contributed by atoms with Crippen LogP contribution in [0.5, 0.6) is 0 Å². The highest BCUT2D eigenvalue weighted by Crippen LogP contribution is 2.09. The number of nitrogens with two attached hydrogens (primary N) is 1. The van der Waals surface area contributed by atoms with Crippen molar-refractivity contribution < 1.29 is 19.1 Å². The summed E-state index contributed by atoms with van der Waals surface area (Å²) in [6.07, 6.45) is -0.0436. The van der Waals surface area contributed by atoms with Gasteiger partial charge in [0.2, 0.25) is 11.8 Å². The quantitative estimate of drug-likeness (QED) is 0.696. The lowest BCUT2D eigenvalue weighted by Gasteiger charge is -2.20. The van der Waals surface area contributed by atoms with Crippen molar-refractivity contribution in [3.63, 3.8) is 0 Å². The average Bonchev–Trinajstić information content (AvgIpc) is 2.19. The molecule has 110 valence electrons. The molecule has 0 aliphatic heterocycles. The SMILES string of the molecule is CC(C)C(NC(=O)CCC(=O)OC(C)(C)C)C(N)=O. The van der Waals surface area contributed by atoms with Crippen molar-refractivity contribution in [2.45, 2.75) is 59.1 Å². The van der Waals surface area contributed by atoms with Gasteiger partial charge in [0.1, 0.15) is 11.6 Å². The van der Waals surface area contributed by atoms with Gasteiger partial charge in [0.15, 0.2) is 0 Å². The van der Waals surface area contributed by atoms with Crippen LogP contribution in [0.2, 0.25) is 0 Å². The second-order valence-corrected chi connectivity index (χ2v) is 5.78. The smallest absolute Gasteiger partial charge is 0.306 e. The largest absolute Gasteiger partial charge is 0.460 e. The van der Waals surface area contributed by atoms with Crippen LogP contribution in [-0.2, 0) is 19.1 Å². The highest BCUT2D eigenvalue weighted by Gasteiger charge is 2.22. The summed E-state index contributed by atoms with van der Waals surface area (Å²) in [4.78, 5) is 34.1. The normalized spacial score (nSPS) is 12.9. The van der Waals surface area contributed by atoms with Gasteiger partial charge in [0, 0.05) is 6.42 Å². The highest BCUT2D eigenvalue weighted by molar-refractivity contribution is 5.88. The number of nitrogens with one attached hydrogen (secondary N) is 1. The Bertz CT molecular complexity index is 345. The first-order chi connectivity index (χ1) is 8.53. The van der Waals surface area contributed by atoms with E-state index in [4.69, 9.17) is 10.5 Å². The van der Waals surface area contributed by atoms with Gasteiger partial charge in [-0.15, -0.1) is 0 Å². The van der Waals surface area contributed by atoms with E-state index in [2.05, 4.69) is 5.32 Å². The third-order valence-corrected chi connectivity index (χ3v) is 2.27. The molecule has 0 aliphatic rings. The predicted molar refractivity (Wildman–Crippen MR) is 71.0 cm³/mol. The topological polar surface area (TPSA) is 98.5 Å². The van der Waals surface area contributed by atoms with Crippen LogP contribution in [-0.4, -0.2) is 29.4 Å². The zero-order chi connectivity index (χ0) is 15.2. The van der Waals surface area contributed by atoms with E-state index in [0.29, 0.717) is 0 Å². The number of carbonyl (C=O) groups excluding carboxylic acids is 3. The van der Waals surface area contributed by atoms with Gasteiger partial charge in [-0.1, -0.05) is 13.8 Å². The maximum Gasteiger partial charge on any atom is 0.306 e. The number of hydrogen-bond donors (Lipinski definition) is 2. The Morgan fingerprint density at radius 2 is 1.68 bits per heavy atom. The molecule has 0 fully saturated rings. The van der Waals surface area contributed by atoms with Gasteiger partial charge in [-0.2, -0.15) is 0 Å². The summed E-state index contributed by atoms with van der Waals surface area (Å²) < 4.78 is 5.08. The summed E-state index contributed by atoms with van der Waals surface area (Å²) in [6, 6.07) is -0.717. The third-order valence-electron chi connectivity index (χ3n) is 2.27. The van der Waals surface area contributed by atoms with Crippen molar-refractivity contribution in [3.05, 3.63) is 0 Å². The number of ether oxygens (including phenoxy) is 1. The maximum atomic E-state index is 11.6. The Morgan fingerprint density at radius 3 is 2.05 bits per heavy atom. The summed E-state index contributed by atoms with van der Waals surface area (Å²) in [6.45, 7) is 8.83. The summed E-state index contributed by atoms with van der Waals surface area (Å²) in [5.74, 6) is -1.50. The molecule has 0 aliphatic carbocycles. The maximum absolute atomic E-state index is 11.6. The van der Waals surface area contributed by atoms with Crippen molar-refractivity contribution in [2.75, 3.05) is 0 Å². The Hall–Kier alpha value is -1.59. The molecule has 0 saturated carbocycles. The minimum Gasteiger partial charge on any atom is -0.460 e. The number of amides is 2. The molecule has 0 aromatic heterocycles. The molecule has 0 bridgehead atoms. The lowest BCUT2D eigenvalue weighted by molar-refractivity contribution is -0.155. The third kappa shape index (κ3) is 8.18. The Balaban J connectivity index is 4.19. The van der Waals surface area contributed by atoms with Crippen LogP contribution in [0.1, 0.15) is 47.5 Å². The van der Waals surface area contributed by atoms with E-state index in [1.165, 1.54) is 0 Å². The van der Waals surface area contributed by atoms with E-state index < -0.39 is 23.5 Å².